The summed E-state index contributed by atoms with van der Waals surface area (Å²) in [5.74, 6) is 0.824. The van der Waals surface area contributed by atoms with Crippen LogP contribution in [0.3, 0.4) is 0 Å². The summed E-state index contributed by atoms with van der Waals surface area (Å²) in [5.41, 5.74) is 7.05. The average Bonchev–Trinajstić information content (AvgIpc) is 2.56. The van der Waals surface area contributed by atoms with E-state index in [9.17, 15) is 4.79 Å². The first-order valence-electron chi connectivity index (χ1n) is 7.57. The Balaban J connectivity index is 1.52. The van der Waals surface area contributed by atoms with Crippen LogP contribution < -0.4 is 15.8 Å². The number of anilines is 1. The first-order valence-corrected chi connectivity index (χ1v) is 7.57. The zero-order chi connectivity index (χ0) is 15.6. The predicted octanol–water partition coefficient (Wildman–Crippen LogP) is 3.25. The van der Waals surface area contributed by atoms with Crippen LogP contribution in [-0.2, 0) is 0 Å². The molecule has 0 heterocycles. The number of carbonyl (C=O) groups excluding carboxylic acids is 1. The fourth-order valence-electron chi connectivity index (χ4n) is 2.05. The summed E-state index contributed by atoms with van der Waals surface area (Å²) in [4.78, 5) is 11.8. The second kappa shape index (κ2) is 8.72. The molecule has 0 radical (unpaired) electrons. The minimum atomic E-state index is -0.0151. The fourth-order valence-corrected chi connectivity index (χ4v) is 2.05. The Morgan fingerprint density at radius 2 is 1.68 bits per heavy atom. The summed E-state index contributed by atoms with van der Waals surface area (Å²) < 4.78 is 5.62. The van der Waals surface area contributed by atoms with Gasteiger partial charge in [-0.15, -0.1) is 0 Å². The Bertz CT molecular complexity index is 567. The van der Waals surface area contributed by atoms with Gasteiger partial charge in [0.05, 0.1) is 6.61 Å². The molecule has 0 aliphatic heterocycles. The maximum absolute atomic E-state index is 11.8. The molecule has 4 heteroatoms. The van der Waals surface area contributed by atoms with Crippen LogP contribution in [0.5, 0.6) is 5.75 Å². The molecule has 0 aliphatic rings. The van der Waals surface area contributed by atoms with Crippen molar-refractivity contribution < 1.29 is 9.53 Å². The molecule has 0 spiro atoms. The molecular formula is C18H22N2O2. The van der Waals surface area contributed by atoms with Gasteiger partial charge in [-0.3, -0.25) is 4.79 Å². The van der Waals surface area contributed by atoms with Gasteiger partial charge in [0, 0.05) is 17.8 Å². The van der Waals surface area contributed by atoms with Gasteiger partial charge in [0.1, 0.15) is 5.75 Å². The maximum Gasteiger partial charge on any atom is 0.251 e. The van der Waals surface area contributed by atoms with Crippen LogP contribution >= 0.6 is 0 Å². The molecule has 2 rings (SSSR count). The molecule has 0 bridgehead atoms. The largest absolute Gasteiger partial charge is 0.494 e. The lowest BCUT2D eigenvalue weighted by atomic mass is 10.2. The Morgan fingerprint density at radius 1 is 0.955 bits per heavy atom. The van der Waals surface area contributed by atoms with Gasteiger partial charge in [-0.25, -0.2) is 0 Å². The number of nitrogen functional groups attached to an aromatic ring is 1. The van der Waals surface area contributed by atoms with Crippen LogP contribution in [0.4, 0.5) is 5.69 Å². The van der Waals surface area contributed by atoms with Crippen LogP contribution in [0.2, 0.25) is 0 Å². The third-order valence-electron chi connectivity index (χ3n) is 3.29. The van der Waals surface area contributed by atoms with Crippen LogP contribution in [-0.4, -0.2) is 19.1 Å². The minimum absolute atomic E-state index is 0.0151. The summed E-state index contributed by atoms with van der Waals surface area (Å²) in [5, 5.41) is 2.92. The second-order valence-electron chi connectivity index (χ2n) is 5.10. The van der Waals surface area contributed by atoms with Crippen LogP contribution in [0, 0.1) is 0 Å². The van der Waals surface area contributed by atoms with Crippen molar-refractivity contribution in [2.75, 3.05) is 18.9 Å². The van der Waals surface area contributed by atoms with E-state index in [0.717, 1.165) is 30.7 Å². The van der Waals surface area contributed by atoms with Crippen molar-refractivity contribution in [3.63, 3.8) is 0 Å². The smallest absolute Gasteiger partial charge is 0.251 e. The van der Waals surface area contributed by atoms with E-state index in [1.807, 2.05) is 54.6 Å². The zero-order valence-electron chi connectivity index (χ0n) is 12.6. The number of hydrogen-bond donors (Lipinski definition) is 2. The lowest BCUT2D eigenvalue weighted by molar-refractivity contribution is 0.0953. The Morgan fingerprint density at radius 3 is 2.41 bits per heavy atom. The Kier molecular flexibility index (Phi) is 6.30. The maximum atomic E-state index is 11.8. The molecule has 116 valence electrons. The molecule has 3 N–H and O–H groups in total. The van der Waals surface area contributed by atoms with E-state index < -0.39 is 0 Å². The molecular weight excluding hydrogens is 276 g/mol. The van der Waals surface area contributed by atoms with Crippen molar-refractivity contribution in [1.82, 2.24) is 5.32 Å². The molecule has 2 aromatic rings. The molecule has 0 aromatic heterocycles. The first kappa shape index (κ1) is 15.9. The highest BCUT2D eigenvalue weighted by Crippen LogP contribution is 2.13. The molecule has 0 saturated heterocycles. The first-order chi connectivity index (χ1) is 10.8. The van der Waals surface area contributed by atoms with Gasteiger partial charge in [0.25, 0.3) is 5.91 Å². The van der Waals surface area contributed by atoms with Crippen molar-refractivity contribution in [2.24, 2.45) is 0 Å². The summed E-state index contributed by atoms with van der Waals surface area (Å²) in [6, 6.07) is 16.7. The van der Waals surface area contributed by atoms with E-state index in [1.54, 1.807) is 0 Å². The summed E-state index contributed by atoms with van der Waals surface area (Å²) in [6.45, 7) is 1.37. The third-order valence-corrected chi connectivity index (χ3v) is 3.29. The van der Waals surface area contributed by atoms with Gasteiger partial charge in [-0.1, -0.05) is 18.2 Å². The van der Waals surface area contributed by atoms with E-state index in [1.165, 1.54) is 0 Å². The quantitative estimate of drug-likeness (QED) is 0.581. The van der Waals surface area contributed by atoms with Crippen molar-refractivity contribution in [2.45, 2.75) is 19.3 Å². The third kappa shape index (κ3) is 5.48. The van der Waals surface area contributed by atoms with E-state index in [0.29, 0.717) is 18.7 Å². The number of rotatable bonds is 8. The molecule has 0 unspecified atom stereocenters. The van der Waals surface area contributed by atoms with Gasteiger partial charge >= 0.3 is 0 Å². The molecule has 0 atom stereocenters. The topological polar surface area (TPSA) is 64.3 Å². The lowest BCUT2D eigenvalue weighted by Gasteiger charge is -2.07. The summed E-state index contributed by atoms with van der Waals surface area (Å²) in [7, 11) is 0. The van der Waals surface area contributed by atoms with Gasteiger partial charge < -0.3 is 15.8 Å². The molecule has 22 heavy (non-hydrogen) atoms. The minimum Gasteiger partial charge on any atom is -0.494 e. The number of hydrogen-bond acceptors (Lipinski definition) is 3. The van der Waals surface area contributed by atoms with Crippen molar-refractivity contribution in [3.8, 4) is 5.75 Å². The molecule has 4 nitrogen and oxygen atoms in total. The SMILES string of the molecule is Nc1ccc(OCCCCCNC(=O)c2ccccc2)cc1. The highest BCUT2D eigenvalue weighted by atomic mass is 16.5. The monoisotopic (exact) mass is 298 g/mol. The van der Waals surface area contributed by atoms with E-state index >= 15 is 0 Å². The Labute approximate surface area is 131 Å². The number of amides is 1. The molecule has 0 aliphatic carbocycles. The summed E-state index contributed by atoms with van der Waals surface area (Å²) >= 11 is 0. The van der Waals surface area contributed by atoms with E-state index in [-0.39, 0.29) is 5.91 Å². The highest BCUT2D eigenvalue weighted by Gasteiger charge is 2.02. The van der Waals surface area contributed by atoms with Crippen molar-refractivity contribution in [1.29, 1.82) is 0 Å². The number of nitrogens with two attached hydrogens (primary N) is 1. The second-order valence-corrected chi connectivity index (χ2v) is 5.10. The van der Waals surface area contributed by atoms with E-state index in [2.05, 4.69) is 5.32 Å². The van der Waals surface area contributed by atoms with Crippen LogP contribution in [0.1, 0.15) is 29.6 Å². The van der Waals surface area contributed by atoms with Gasteiger partial charge in [-0.2, -0.15) is 0 Å². The highest BCUT2D eigenvalue weighted by molar-refractivity contribution is 5.94. The standard InChI is InChI=1S/C18H22N2O2/c19-16-9-11-17(12-10-16)22-14-6-2-5-13-20-18(21)15-7-3-1-4-8-15/h1,3-4,7-12H,2,5-6,13-14,19H2,(H,20,21). The van der Waals surface area contributed by atoms with Crippen LogP contribution in [0.25, 0.3) is 0 Å². The number of nitrogens with one attached hydrogen (secondary N) is 1. The normalized spacial score (nSPS) is 10.2. The summed E-state index contributed by atoms with van der Waals surface area (Å²) in [6.07, 6.45) is 2.93. The number of benzene rings is 2. The molecule has 1 amide bonds. The van der Waals surface area contributed by atoms with E-state index in [4.69, 9.17) is 10.5 Å². The van der Waals surface area contributed by atoms with Gasteiger partial charge in [-0.05, 0) is 55.7 Å². The molecule has 0 fully saturated rings. The number of unbranched alkanes of at least 4 members (excludes halogenated alkanes) is 2. The molecule has 0 saturated carbocycles. The van der Waals surface area contributed by atoms with Gasteiger partial charge in [0.2, 0.25) is 0 Å². The lowest BCUT2D eigenvalue weighted by Crippen LogP contribution is -2.24. The van der Waals surface area contributed by atoms with Gasteiger partial charge in [0.15, 0.2) is 0 Å². The van der Waals surface area contributed by atoms with Crippen molar-refractivity contribution >= 4 is 11.6 Å². The van der Waals surface area contributed by atoms with Crippen LogP contribution in [0.15, 0.2) is 54.6 Å². The molecule has 2 aromatic carbocycles. The number of carbonyl (C=O) groups is 1. The zero-order valence-corrected chi connectivity index (χ0v) is 12.6. The Hall–Kier alpha value is -2.49. The van der Waals surface area contributed by atoms with Crippen molar-refractivity contribution in [3.05, 3.63) is 60.2 Å². The average molecular weight is 298 g/mol. The fraction of sp³-hybridized carbons (Fsp3) is 0.278. The number of ether oxygens (including phenoxy) is 1. The predicted molar refractivity (Wildman–Crippen MR) is 89.0 cm³/mol.